The van der Waals surface area contributed by atoms with Crippen LogP contribution in [0.1, 0.15) is 142 Å². The molecule has 4 aliphatic rings. The standard InChI is InChI=1S/C70H74BN3/c1-65(2,3)47-28-33-51(34-29-47)72-60-37-32-49(67(7,8)9)41-57(60)71-56-35-30-50(68(10,11)12)42-61(56)73(58-36-31-48(66(4,5)6)40-53(58)45-22-16-15-17-23-45)63-44-52(43-62(72)64(63)71)74-59-27-21-20-26-55(59)69(13)39-38-46-24-18-19-25-54(46)70(69,74)14/h15-37,40-44H,38-39H2,1-14H3. The summed E-state index contributed by atoms with van der Waals surface area (Å²) in [6.45, 7) is 33.2. The van der Waals surface area contributed by atoms with Gasteiger partial charge >= 0.3 is 0 Å². The van der Waals surface area contributed by atoms with Crippen molar-refractivity contribution < 1.29 is 0 Å². The minimum absolute atomic E-state index is 0.0147. The lowest BCUT2D eigenvalue weighted by Crippen LogP contribution is -2.61. The van der Waals surface area contributed by atoms with Gasteiger partial charge in [0, 0.05) is 50.8 Å². The SMILES string of the molecule is CC(C)(C)c1ccc(N2c3ccc(C(C)(C)C)cc3B3c4ccc(C(C)(C)C)cc4N(c4ccc(C(C)(C)C)cc4-c4ccccc4)c4cc(N5c6ccccc6C6(C)CCc7ccccc7C56C)cc2c43)cc1. The topological polar surface area (TPSA) is 9.72 Å². The summed E-state index contributed by atoms with van der Waals surface area (Å²) in [5.74, 6) is 0. The number of anilines is 8. The highest BCUT2D eigenvalue weighted by molar-refractivity contribution is 7.00. The van der Waals surface area contributed by atoms with E-state index in [2.05, 4.69) is 281 Å². The minimum Gasteiger partial charge on any atom is -0.330 e. The Balaban J connectivity index is 1.25. The van der Waals surface area contributed by atoms with Crippen LogP contribution in [0.25, 0.3) is 11.1 Å². The van der Waals surface area contributed by atoms with Crippen molar-refractivity contribution in [3.05, 3.63) is 209 Å². The van der Waals surface area contributed by atoms with E-state index in [0.29, 0.717) is 0 Å². The number of hydrogen-bond acceptors (Lipinski definition) is 3. The third-order valence-electron chi connectivity index (χ3n) is 17.9. The highest BCUT2D eigenvalue weighted by Crippen LogP contribution is 2.64. The normalized spacial score (nSPS) is 18.8. The van der Waals surface area contributed by atoms with Gasteiger partial charge in [-0.15, -0.1) is 0 Å². The molecule has 2 unspecified atom stereocenters. The molecule has 0 N–H and O–H groups in total. The highest BCUT2D eigenvalue weighted by atomic mass is 15.3. The first-order valence-electron chi connectivity index (χ1n) is 27.3. The number of fused-ring (bicyclic) bond motifs is 9. The van der Waals surface area contributed by atoms with E-state index in [1.807, 2.05) is 0 Å². The molecular formula is C70H74BN3. The van der Waals surface area contributed by atoms with Crippen molar-refractivity contribution in [1.82, 2.24) is 0 Å². The molecule has 0 fully saturated rings. The van der Waals surface area contributed by atoms with Crippen LogP contribution in [-0.4, -0.2) is 6.71 Å². The van der Waals surface area contributed by atoms with Gasteiger partial charge in [0.05, 0.1) is 11.2 Å². The van der Waals surface area contributed by atoms with Crippen molar-refractivity contribution in [3.8, 4) is 11.1 Å². The van der Waals surface area contributed by atoms with Crippen LogP contribution >= 0.6 is 0 Å². The first-order valence-corrected chi connectivity index (χ1v) is 27.3. The fourth-order valence-electron chi connectivity index (χ4n) is 13.4. The maximum Gasteiger partial charge on any atom is 0.252 e. The molecule has 0 radical (unpaired) electrons. The van der Waals surface area contributed by atoms with Gasteiger partial charge in [0.1, 0.15) is 0 Å². The van der Waals surface area contributed by atoms with E-state index in [1.54, 1.807) is 0 Å². The molecule has 0 saturated heterocycles. The van der Waals surface area contributed by atoms with Gasteiger partial charge in [-0.3, -0.25) is 0 Å². The van der Waals surface area contributed by atoms with Crippen molar-refractivity contribution in [2.45, 2.75) is 142 Å². The van der Waals surface area contributed by atoms with Crippen molar-refractivity contribution in [2.24, 2.45) is 0 Å². The molecule has 0 spiro atoms. The Hall–Kier alpha value is -6.78. The van der Waals surface area contributed by atoms with Crippen molar-refractivity contribution in [3.63, 3.8) is 0 Å². The quantitative estimate of drug-likeness (QED) is 0.163. The molecule has 1 aliphatic carbocycles. The lowest BCUT2D eigenvalue weighted by atomic mass is 9.33. The molecule has 3 heterocycles. The van der Waals surface area contributed by atoms with E-state index in [-0.39, 0.29) is 39.3 Å². The van der Waals surface area contributed by atoms with Gasteiger partial charge in [0.15, 0.2) is 0 Å². The predicted molar refractivity (Wildman–Crippen MR) is 319 cm³/mol. The molecule has 372 valence electrons. The van der Waals surface area contributed by atoms with Crippen molar-refractivity contribution in [1.29, 1.82) is 0 Å². The largest absolute Gasteiger partial charge is 0.330 e. The number of nitrogens with zero attached hydrogens (tertiary/aromatic N) is 3. The summed E-state index contributed by atoms with van der Waals surface area (Å²) in [6, 6.07) is 66.6. The van der Waals surface area contributed by atoms with Gasteiger partial charge < -0.3 is 14.7 Å². The third kappa shape index (κ3) is 7.21. The molecule has 3 aliphatic heterocycles. The monoisotopic (exact) mass is 968 g/mol. The third-order valence-corrected chi connectivity index (χ3v) is 17.9. The molecule has 8 aromatic carbocycles. The second-order valence-electron chi connectivity index (χ2n) is 26.6. The Morgan fingerprint density at radius 1 is 0.405 bits per heavy atom. The maximum absolute atomic E-state index is 2.77. The fourth-order valence-corrected chi connectivity index (χ4v) is 13.4. The first-order chi connectivity index (χ1) is 35.0. The Bertz CT molecular complexity index is 3540. The summed E-state index contributed by atoms with van der Waals surface area (Å²) in [5.41, 5.74) is 25.2. The maximum atomic E-state index is 2.77. The summed E-state index contributed by atoms with van der Waals surface area (Å²) in [6.07, 6.45) is 2.13. The van der Waals surface area contributed by atoms with Crippen LogP contribution in [0.4, 0.5) is 45.5 Å². The lowest BCUT2D eigenvalue weighted by molar-refractivity contribution is 0.245. The van der Waals surface area contributed by atoms with E-state index < -0.39 is 0 Å². The molecule has 74 heavy (non-hydrogen) atoms. The summed E-state index contributed by atoms with van der Waals surface area (Å²) >= 11 is 0. The van der Waals surface area contributed by atoms with Crippen LogP contribution < -0.4 is 31.1 Å². The predicted octanol–water partition coefficient (Wildman–Crippen LogP) is 16.9. The molecule has 4 heteroatoms. The number of para-hydroxylation sites is 1. The van der Waals surface area contributed by atoms with Crippen LogP contribution in [-0.2, 0) is 39.0 Å². The van der Waals surface area contributed by atoms with Gasteiger partial charge in [-0.05, 0) is 157 Å². The molecule has 0 aromatic heterocycles. The van der Waals surface area contributed by atoms with Gasteiger partial charge in [0.25, 0.3) is 6.71 Å². The zero-order chi connectivity index (χ0) is 52.1. The molecule has 12 rings (SSSR count). The Morgan fingerprint density at radius 2 is 0.946 bits per heavy atom. The second-order valence-corrected chi connectivity index (χ2v) is 26.6. The summed E-state index contributed by atoms with van der Waals surface area (Å²) < 4.78 is 0. The highest BCUT2D eigenvalue weighted by Gasteiger charge is 2.60. The van der Waals surface area contributed by atoms with Gasteiger partial charge in [0.2, 0.25) is 0 Å². The fraction of sp³-hybridized carbons (Fsp3) is 0.314. The summed E-state index contributed by atoms with van der Waals surface area (Å²) in [4.78, 5) is 8.08. The lowest BCUT2D eigenvalue weighted by Gasteiger charge is -2.52. The number of aryl methyl sites for hydroxylation is 1. The van der Waals surface area contributed by atoms with Crippen LogP contribution in [0.5, 0.6) is 0 Å². The van der Waals surface area contributed by atoms with Crippen LogP contribution in [0.3, 0.4) is 0 Å². The average molecular weight is 968 g/mol. The van der Waals surface area contributed by atoms with E-state index in [1.165, 1.54) is 112 Å². The van der Waals surface area contributed by atoms with Gasteiger partial charge in [-0.2, -0.15) is 0 Å². The van der Waals surface area contributed by atoms with E-state index in [9.17, 15) is 0 Å². The van der Waals surface area contributed by atoms with E-state index >= 15 is 0 Å². The minimum atomic E-state index is -0.389. The molecule has 0 saturated carbocycles. The first kappa shape index (κ1) is 48.2. The zero-order valence-corrected chi connectivity index (χ0v) is 46.5. The molecule has 2 atom stereocenters. The van der Waals surface area contributed by atoms with Crippen molar-refractivity contribution in [2.75, 3.05) is 14.7 Å². The van der Waals surface area contributed by atoms with Gasteiger partial charge in [-0.25, -0.2) is 0 Å². The zero-order valence-electron chi connectivity index (χ0n) is 46.5. The average Bonchev–Trinajstić information content (AvgIpc) is 3.63. The molecule has 0 bridgehead atoms. The van der Waals surface area contributed by atoms with Gasteiger partial charge in [-0.1, -0.05) is 205 Å². The van der Waals surface area contributed by atoms with Crippen LogP contribution in [0.2, 0.25) is 0 Å². The molecular weight excluding hydrogens is 894 g/mol. The summed E-state index contributed by atoms with van der Waals surface area (Å²) in [5, 5.41) is 0. The second kappa shape index (κ2) is 16.4. The Morgan fingerprint density at radius 3 is 1.61 bits per heavy atom. The molecule has 8 aromatic rings. The van der Waals surface area contributed by atoms with E-state index in [0.717, 1.165) is 12.8 Å². The van der Waals surface area contributed by atoms with Crippen molar-refractivity contribution >= 4 is 68.6 Å². The van der Waals surface area contributed by atoms with Crippen LogP contribution in [0.15, 0.2) is 170 Å². The van der Waals surface area contributed by atoms with E-state index in [4.69, 9.17) is 0 Å². The number of rotatable bonds is 4. The smallest absolute Gasteiger partial charge is 0.252 e. The number of hydrogen-bond donors (Lipinski definition) is 0. The Kier molecular flexibility index (Phi) is 10.7. The summed E-state index contributed by atoms with van der Waals surface area (Å²) in [7, 11) is 0. The number of benzene rings is 8. The molecule has 3 nitrogen and oxygen atoms in total. The Labute approximate surface area is 443 Å². The van der Waals surface area contributed by atoms with Crippen LogP contribution in [0, 0.1) is 0 Å². The molecule has 0 amide bonds.